The lowest BCUT2D eigenvalue weighted by molar-refractivity contribution is -0.131. The van der Waals surface area contributed by atoms with Crippen molar-refractivity contribution in [3.8, 4) is 11.8 Å². The minimum atomic E-state index is -0.0525. The molecule has 0 aliphatic carbocycles. The Morgan fingerprint density at radius 2 is 1.69 bits per heavy atom. The number of likely N-dealkylation sites (tertiary alicyclic amines) is 1. The summed E-state index contributed by atoms with van der Waals surface area (Å²) in [6.45, 7) is 0.759. The van der Waals surface area contributed by atoms with Crippen molar-refractivity contribution in [1.82, 2.24) is 4.90 Å². The zero-order chi connectivity index (χ0) is 21.9. The summed E-state index contributed by atoms with van der Waals surface area (Å²) in [5, 5.41) is 13.5. The van der Waals surface area contributed by atoms with E-state index in [-0.39, 0.29) is 30.5 Å². The maximum Gasteiger partial charge on any atom is 0.227 e. The Bertz CT molecular complexity index is 1160. The summed E-state index contributed by atoms with van der Waals surface area (Å²) in [6.07, 6.45) is 1.27. The third kappa shape index (κ3) is 4.00. The van der Waals surface area contributed by atoms with Gasteiger partial charge in [0.15, 0.2) is 0 Å². The summed E-state index contributed by atoms with van der Waals surface area (Å²) in [4.78, 5) is 15.3. The minimum Gasteiger partial charge on any atom is -0.394 e. The van der Waals surface area contributed by atoms with E-state index in [4.69, 9.17) is 0 Å². The van der Waals surface area contributed by atoms with Gasteiger partial charge in [-0.25, -0.2) is 0 Å². The number of carbonyl (C=O) groups is 1. The van der Waals surface area contributed by atoms with Gasteiger partial charge in [-0.3, -0.25) is 4.79 Å². The molecule has 3 aromatic carbocycles. The number of carbonyl (C=O) groups excluding carboxylic acids is 1. The van der Waals surface area contributed by atoms with Crippen molar-refractivity contribution in [3.63, 3.8) is 0 Å². The van der Waals surface area contributed by atoms with Crippen LogP contribution in [0.15, 0.2) is 78.9 Å². The van der Waals surface area contributed by atoms with Crippen LogP contribution in [0.5, 0.6) is 0 Å². The highest BCUT2D eigenvalue weighted by atomic mass is 16.3. The Balaban J connectivity index is 1.47. The van der Waals surface area contributed by atoms with E-state index in [1.807, 2.05) is 77.7 Å². The fourth-order valence-electron chi connectivity index (χ4n) is 4.96. The topological polar surface area (TPSA) is 52.6 Å². The Labute approximate surface area is 188 Å². The zero-order valence-corrected chi connectivity index (χ0v) is 17.9. The molecule has 5 rings (SSSR count). The maximum absolute atomic E-state index is 13.3. The highest BCUT2D eigenvalue weighted by molar-refractivity contribution is 5.80. The van der Waals surface area contributed by atoms with Crippen molar-refractivity contribution < 1.29 is 9.90 Å². The van der Waals surface area contributed by atoms with Gasteiger partial charge in [0, 0.05) is 29.3 Å². The summed E-state index contributed by atoms with van der Waals surface area (Å²) in [6, 6.07) is 25.9. The average molecular weight is 423 g/mol. The van der Waals surface area contributed by atoms with Gasteiger partial charge in [-0.15, -0.1) is 0 Å². The molecule has 4 heteroatoms. The fourth-order valence-corrected chi connectivity index (χ4v) is 4.96. The van der Waals surface area contributed by atoms with Crippen LogP contribution >= 0.6 is 0 Å². The normalized spacial score (nSPS) is 21.0. The number of aliphatic hydroxyl groups is 1. The van der Waals surface area contributed by atoms with Gasteiger partial charge in [0.1, 0.15) is 0 Å². The molecule has 0 saturated carbocycles. The predicted octanol–water partition coefficient (Wildman–Crippen LogP) is 4.01. The second-order valence-electron chi connectivity index (χ2n) is 8.50. The quantitative estimate of drug-likeness (QED) is 0.627. The van der Waals surface area contributed by atoms with Gasteiger partial charge in [-0.2, -0.15) is 0 Å². The van der Waals surface area contributed by atoms with E-state index in [9.17, 15) is 9.90 Å². The lowest BCUT2D eigenvalue weighted by Gasteiger charge is -2.39. The molecular formula is C28H26N2O2. The van der Waals surface area contributed by atoms with Crippen LogP contribution in [0, 0.1) is 17.8 Å². The number of benzene rings is 3. The first-order chi connectivity index (χ1) is 15.7. The lowest BCUT2D eigenvalue weighted by atomic mass is 9.82. The lowest BCUT2D eigenvalue weighted by Crippen LogP contribution is -2.43. The number of anilines is 1. The molecule has 0 unspecified atom stereocenters. The highest BCUT2D eigenvalue weighted by Gasteiger charge is 2.45. The van der Waals surface area contributed by atoms with Crippen LogP contribution in [0.2, 0.25) is 0 Å². The number of aliphatic hydroxyl groups excluding tert-OH is 1. The first kappa shape index (κ1) is 20.4. The van der Waals surface area contributed by atoms with E-state index in [1.54, 1.807) is 0 Å². The number of hydrogen-bond donors (Lipinski definition) is 2. The molecule has 2 heterocycles. The van der Waals surface area contributed by atoms with E-state index in [1.165, 1.54) is 0 Å². The Hall–Kier alpha value is -3.55. The number of fused-ring (bicyclic) bond motifs is 3. The van der Waals surface area contributed by atoms with Crippen molar-refractivity contribution in [2.45, 2.75) is 24.9 Å². The van der Waals surface area contributed by atoms with Crippen molar-refractivity contribution >= 4 is 11.6 Å². The molecule has 3 atom stereocenters. The minimum absolute atomic E-state index is 0.0434. The Morgan fingerprint density at radius 3 is 2.44 bits per heavy atom. The van der Waals surface area contributed by atoms with Gasteiger partial charge in [0.2, 0.25) is 5.91 Å². The molecule has 4 nitrogen and oxygen atoms in total. The molecule has 32 heavy (non-hydrogen) atoms. The number of amides is 1. The molecule has 2 aliphatic heterocycles. The van der Waals surface area contributed by atoms with Crippen molar-refractivity contribution in [3.05, 3.63) is 101 Å². The molecule has 1 saturated heterocycles. The predicted molar refractivity (Wildman–Crippen MR) is 126 cm³/mol. The molecule has 3 aromatic rings. The van der Waals surface area contributed by atoms with Crippen LogP contribution in [0.25, 0.3) is 0 Å². The molecule has 1 fully saturated rings. The number of nitrogens with zero attached hydrogens (tertiary/aromatic N) is 1. The molecule has 2 aliphatic rings. The monoisotopic (exact) mass is 422 g/mol. The number of nitrogens with one attached hydrogen (secondary N) is 1. The Kier molecular flexibility index (Phi) is 5.66. The van der Waals surface area contributed by atoms with Crippen molar-refractivity contribution in [2.24, 2.45) is 5.92 Å². The zero-order valence-electron chi connectivity index (χ0n) is 17.9. The summed E-state index contributed by atoms with van der Waals surface area (Å²) in [7, 11) is 0. The van der Waals surface area contributed by atoms with Gasteiger partial charge < -0.3 is 15.3 Å². The van der Waals surface area contributed by atoms with Crippen LogP contribution in [-0.4, -0.2) is 35.1 Å². The van der Waals surface area contributed by atoms with Crippen LogP contribution in [0.3, 0.4) is 0 Å². The molecule has 0 aromatic heterocycles. The first-order valence-corrected chi connectivity index (χ1v) is 11.1. The largest absolute Gasteiger partial charge is 0.394 e. The van der Waals surface area contributed by atoms with Crippen LogP contribution in [-0.2, 0) is 11.2 Å². The molecule has 160 valence electrons. The van der Waals surface area contributed by atoms with Gasteiger partial charge in [0.05, 0.1) is 25.1 Å². The van der Waals surface area contributed by atoms with E-state index in [2.05, 4.69) is 23.2 Å². The highest BCUT2D eigenvalue weighted by Crippen LogP contribution is 2.46. The third-order valence-corrected chi connectivity index (χ3v) is 6.51. The van der Waals surface area contributed by atoms with Crippen LogP contribution in [0.1, 0.15) is 34.7 Å². The second kappa shape index (κ2) is 8.90. The molecule has 0 bridgehead atoms. The Morgan fingerprint density at radius 1 is 0.969 bits per heavy atom. The molecular weight excluding hydrogens is 396 g/mol. The van der Waals surface area contributed by atoms with Crippen LogP contribution < -0.4 is 5.32 Å². The number of rotatable bonds is 3. The van der Waals surface area contributed by atoms with Gasteiger partial charge in [-0.05, 0) is 47.9 Å². The summed E-state index contributed by atoms with van der Waals surface area (Å²) < 4.78 is 0. The van der Waals surface area contributed by atoms with E-state index in [0.717, 1.165) is 34.4 Å². The maximum atomic E-state index is 13.3. The van der Waals surface area contributed by atoms with Crippen molar-refractivity contribution in [2.75, 3.05) is 18.5 Å². The molecule has 2 N–H and O–H groups in total. The standard InChI is InChI=1S/C28H26N2O2/c31-19-26-23-15-16-30(27(32)18-21-9-5-2-6-10-21)28(23)24-17-22(13-14-25(24)29-26)12-11-20-7-3-1-4-8-20/h1-10,13-14,17,23,26,28-29,31H,15-16,18-19H2/t23-,26-,28-/m0/s1. The molecule has 0 spiro atoms. The summed E-state index contributed by atoms with van der Waals surface area (Å²) in [5.41, 5.74) is 5.00. The smallest absolute Gasteiger partial charge is 0.227 e. The summed E-state index contributed by atoms with van der Waals surface area (Å²) in [5.74, 6) is 6.81. The number of hydrogen-bond acceptors (Lipinski definition) is 3. The van der Waals surface area contributed by atoms with Crippen LogP contribution in [0.4, 0.5) is 5.69 Å². The van der Waals surface area contributed by atoms with Gasteiger partial charge >= 0.3 is 0 Å². The van der Waals surface area contributed by atoms with Crippen molar-refractivity contribution in [1.29, 1.82) is 0 Å². The van der Waals surface area contributed by atoms with E-state index in [0.29, 0.717) is 13.0 Å². The van der Waals surface area contributed by atoms with E-state index < -0.39 is 0 Å². The fraction of sp³-hybridized carbons (Fsp3) is 0.250. The van der Waals surface area contributed by atoms with Gasteiger partial charge in [-0.1, -0.05) is 60.4 Å². The third-order valence-electron chi connectivity index (χ3n) is 6.51. The molecule has 0 radical (unpaired) electrons. The second-order valence-corrected chi connectivity index (χ2v) is 8.50. The average Bonchev–Trinajstić information content (AvgIpc) is 3.29. The summed E-state index contributed by atoms with van der Waals surface area (Å²) >= 11 is 0. The molecule has 1 amide bonds. The van der Waals surface area contributed by atoms with Gasteiger partial charge in [0.25, 0.3) is 0 Å². The van der Waals surface area contributed by atoms with E-state index >= 15 is 0 Å². The first-order valence-electron chi connectivity index (χ1n) is 11.1. The SMILES string of the molecule is O=C(Cc1ccccc1)N1CC[C@H]2[C@H](CO)Nc3ccc(C#Cc4ccccc4)cc3[C@H]21.